The van der Waals surface area contributed by atoms with Gasteiger partial charge in [0.05, 0.1) is 30.1 Å². The zero-order valence-corrected chi connectivity index (χ0v) is 11.6. The van der Waals surface area contributed by atoms with E-state index in [1.807, 2.05) is 6.92 Å². The molecule has 0 aliphatic heterocycles. The molecule has 1 N–H and O–H groups in total. The first-order valence-corrected chi connectivity index (χ1v) is 6.76. The quantitative estimate of drug-likeness (QED) is 0.922. The molecule has 0 radical (unpaired) electrons. The minimum Gasteiger partial charge on any atom is -0.391 e. The smallest absolute Gasteiger partial charge is 0.391 e. The maximum Gasteiger partial charge on any atom is 0.391 e. The summed E-state index contributed by atoms with van der Waals surface area (Å²) in [5.74, 6) is 0. The van der Waals surface area contributed by atoms with Crippen molar-refractivity contribution in [3.05, 3.63) is 34.7 Å². The number of halogens is 3. The lowest BCUT2D eigenvalue weighted by molar-refractivity contribution is -0.154. The number of benzene rings is 1. The first-order valence-electron chi connectivity index (χ1n) is 6.76. The summed E-state index contributed by atoms with van der Waals surface area (Å²) in [5.41, 5.74) is 0.819. The summed E-state index contributed by atoms with van der Waals surface area (Å²) >= 11 is 0. The van der Waals surface area contributed by atoms with Crippen LogP contribution in [-0.2, 0) is 13.1 Å². The van der Waals surface area contributed by atoms with E-state index < -0.39 is 18.7 Å². The summed E-state index contributed by atoms with van der Waals surface area (Å²) in [6.45, 7) is 2.04. The number of imidazole rings is 1. The Kier molecular flexibility index (Phi) is 4.41. The van der Waals surface area contributed by atoms with Gasteiger partial charge in [-0.3, -0.25) is 9.13 Å². The predicted octanol–water partition coefficient (Wildman–Crippen LogP) is 2.53. The molecule has 0 bridgehead atoms. The Morgan fingerprint density at radius 1 is 1.19 bits per heavy atom. The Labute approximate surface area is 119 Å². The normalized spacial score (nSPS) is 13.8. The average molecular weight is 302 g/mol. The van der Waals surface area contributed by atoms with E-state index in [-0.39, 0.29) is 12.2 Å². The van der Waals surface area contributed by atoms with Gasteiger partial charge in [-0.2, -0.15) is 13.2 Å². The fourth-order valence-electron chi connectivity index (χ4n) is 2.43. The van der Waals surface area contributed by atoms with Crippen molar-refractivity contribution in [3.63, 3.8) is 0 Å². The van der Waals surface area contributed by atoms with Crippen molar-refractivity contribution in [1.82, 2.24) is 9.13 Å². The van der Waals surface area contributed by atoms with Crippen LogP contribution in [0, 0.1) is 0 Å². The minimum atomic E-state index is -4.45. The first-order chi connectivity index (χ1) is 9.83. The Hall–Kier alpha value is -1.76. The molecule has 2 rings (SSSR count). The highest BCUT2D eigenvalue weighted by Crippen LogP contribution is 2.22. The zero-order chi connectivity index (χ0) is 15.6. The van der Waals surface area contributed by atoms with Gasteiger partial charge in [-0.1, -0.05) is 19.1 Å². The monoisotopic (exact) mass is 302 g/mol. The lowest BCUT2D eigenvalue weighted by Gasteiger charge is -2.13. The summed E-state index contributed by atoms with van der Waals surface area (Å²) in [5, 5.41) is 9.57. The standard InChI is InChI=1S/C14H17F3N2O2/c1-2-7-18-11-5-3-4-6-12(11)19(13(18)21)9-10(20)8-14(15,16)17/h3-6,10,20H,2,7-9H2,1H3. The molecule has 116 valence electrons. The molecule has 0 aliphatic rings. The molecule has 1 heterocycles. The molecule has 0 fully saturated rings. The highest BCUT2D eigenvalue weighted by atomic mass is 19.4. The molecule has 0 amide bonds. The maximum atomic E-state index is 12.3. The molecular formula is C14H17F3N2O2. The fraction of sp³-hybridized carbons (Fsp3) is 0.500. The summed E-state index contributed by atoms with van der Waals surface area (Å²) in [6, 6.07) is 6.90. The third-order valence-electron chi connectivity index (χ3n) is 3.23. The maximum absolute atomic E-state index is 12.3. The number of aryl methyl sites for hydroxylation is 1. The Bertz CT molecular complexity index is 673. The summed E-state index contributed by atoms with van der Waals surface area (Å²) in [6.07, 6.45) is -6.68. The van der Waals surface area contributed by atoms with Crippen LogP contribution in [0.25, 0.3) is 11.0 Å². The van der Waals surface area contributed by atoms with Crippen molar-refractivity contribution >= 4 is 11.0 Å². The first kappa shape index (κ1) is 15.6. The van der Waals surface area contributed by atoms with E-state index in [2.05, 4.69) is 0 Å². The number of aromatic nitrogens is 2. The summed E-state index contributed by atoms with van der Waals surface area (Å²) in [7, 11) is 0. The van der Waals surface area contributed by atoms with Gasteiger partial charge in [0.2, 0.25) is 0 Å². The Morgan fingerprint density at radius 3 is 2.29 bits per heavy atom. The number of para-hydroxylation sites is 2. The van der Waals surface area contributed by atoms with Crippen LogP contribution < -0.4 is 5.69 Å². The predicted molar refractivity (Wildman–Crippen MR) is 73.2 cm³/mol. The number of hydrogen-bond donors (Lipinski definition) is 1. The topological polar surface area (TPSA) is 47.2 Å². The van der Waals surface area contributed by atoms with Crippen LogP contribution in [0.5, 0.6) is 0 Å². The molecular weight excluding hydrogens is 285 g/mol. The van der Waals surface area contributed by atoms with Gasteiger partial charge in [0.1, 0.15) is 0 Å². The Morgan fingerprint density at radius 2 is 1.76 bits per heavy atom. The third kappa shape index (κ3) is 3.47. The Balaban J connectivity index is 2.40. The number of aliphatic hydroxyl groups excluding tert-OH is 1. The van der Waals surface area contributed by atoms with Gasteiger partial charge >= 0.3 is 11.9 Å². The van der Waals surface area contributed by atoms with Gasteiger partial charge in [-0.05, 0) is 18.6 Å². The van der Waals surface area contributed by atoms with Crippen molar-refractivity contribution in [3.8, 4) is 0 Å². The highest BCUT2D eigenvalue weighted by Gasteiger charge is 2.31. The van der Waals surface area contributed by atoms with Gasteiger partial charge in [0, 0.05) is 6.54 Å². The van der Waals surface area contributed by atoms with E-state index in [1.54, 1.807) is 24.3 Å². The molecule has 2 aromatic rings. The average Bonchev–Trinajstić information content (AvgIpc) is 2.63. The second-order valence-electron chi connectivity index (χ2n) is 5.01. The highest BCUT2D eigenvalue weighted by molar-refractivity contribution is 5.75. The van der Waals surface area contributed by atoms with E-state index in [9.17, 15) is 23.1 Å². The van der Waals surface area contributed by atoms with Crippen molar-refractivity contribution in [2.45, 2.75) is 45.1 Å². The van der Waals surface area contributed by atoms with E-state index in [0.717, 1.165) is 6.42 Å². The second-order valence-corrected chi connectivity index (χ2v) is 5.01. The van der Waals surface area contributed by atoms with Gasteiger partial charge in [-0.15, -0.1) is 0 Å². The minimum absolute atomic E-state index is 0.366. The number of nitrogens with zero attached hydrogens (tertiary/aromatic N) is 2. The van der Waals surface area contributed by atoms with Gasteiger partial charge in [-0.25, -0.2) is 4.79 Å². The fourth-order valence-corrected chi connectivity index (χ4v) is 2.43. The molecule has 4 nitrogen and oxygen atoms in total. The molecule has 0 saturated carbocycles. The number of alkyl halides is 3. The summed E-state index contributed by atoms with van der Waals surface area (Å²) < 4.78 is 39.6. The summed E-state index contributed by atoms with van der Waals surface area (Å²) in [4.78, 5) is 12.3. The molecule has 21 heavy (non-hydrogen) atoms. The number of rotatable bonds is 5. The molecule has 1 atom stereocenters. The lowest BCUT2D eigenvalue weighted by Crippen LogP contribution is -2.31. The number of hydrogen-bond acceptors (Lipinski definition) is 2. The van der Waals surface area contributed by atoms with E-state index in [1.165, 1.54) is 9.13 Å². The lowest BCUT2D eigenvalue weighted by atomic mass is 10.2. The van der Waals surface area contributed by atoms with Gasteiger partial charge in [0.25, 0.3) is 0 Å². The number of fused-ring (bicyclic) bond motifs is 1. The van der Waals surface area contributed by atoms with Crippen LogP contribution in [0.2, 0.25) is 0 Å². The van der Waals surface area contributed by atoms with Crippen LogP contribution in [0.1, 0.15) is 19.8 Å². The number of aliphatic hydroxyl groups is 1. The third-order valence-corrected chi connectivity index (χ3v) is 3.23. The van der Waals surface area contributed by atoms with Gasteiger partial charge < -0.3 is 5.11 Å². The molecule has 1 unspecified atom stereocenters. The van der Waals surface area contributed by atoms with Crippen LogP contribution in [0.3, 0.4) is 0 Å². The second kappa shape index (κ2) is 5.93. The molecule has 1 aromatic carbocycles. The van der Waals surface area contributed by atoms with Gasteiger partial charge in [0.15, 0.2) is 0 Å². The molecule has 1 aromatic heterocycles. The molecule has 0 aliphatic carbocycles. The van der Waals surface area contributed by atoms with Crippen molar-refractivity contribution in [2.24, 2.45) is 0 Å². The van der Waals surface area contributed by atoms with E-state index in [4.69, 9.17) is 0 Å². The SMILES string of the molecule is CCCn1c(=O)n(CC(O)CC(F)(F)F)c2ccccc21. The molecule has 0 saturated heterocycles. The van der Waals surface area contributed by atoms with E-state index in [0.29, 0.717) is 17.6 Å². The van der Waals surface area contributed by atoms with Crippen molar-refractivity contribution in [1.29, 1.82) is 0 Å². The van der Waals surface area contributed by atoms with Crippen molar-refractivity contribution in [2.75, 3.05) is 0 Å². The van der Waals surface area contributed by atoms with Crippen LogP contribution in [0.4, 0.5) is 13.2 Å². The molecule has 0 spiro atoms. The van der Waals surface area contributed by atoms with Crippen LogP contribution in [-0.4, -0.2) is 26.5 Å². The van der Waals surface area contributed by atoms with Crippen LogP contribution in [0.15, 0.2) is 29.1 Å². The largest absolute Gasteiger partial charge is 0.391 e. The molecule has 7 heteroatoms. The van der Waals surface area contributed by atoms with Crippen LogP contribution >= 0.6 is 0 Å². The zero-order valence-electron chi connectivity index (χ0n) is 11.6. The van der Waals surface area contributed by atoms with E-state index >= 15 is 0 Å². The van der Waals surface area contributed by atoms with Crippen molar-refractivity contribution < 1.29 is 18.3 Å².